The second-order valence-corrected chi connectivity index (χ2v) is 7.25. The zero-order chi connectivity index (χ0) is 22.1. The lowest BCUT2D eigenvalue weighted by Gasteiger charge is -2.21. The molecule has 0 aromatic heterocycles. The topological polar surface area (TPSA) is 87.5 Å². The number of rotatable bonds is 7. The van der Waals surface area contributed by atoms with Crippen molar-refractivity contribution >= 4 is 12.0 Å². The largest absolute Gasteiger partial charge is 0.492 e. The van der Waals surface area contributed by atoms with Gasteiger partial charge >= 0.3 is 11.7 Å². The highest BCUT2D eigenvalue weighted by molar-refractivity contribution is 5.72. The highest BCUT2D eigenvalue weighted by Gasteiger charge is 2.38. The third-order valence-corrected chi connectivity index (χ3v) is 4.59. The zero-order valence-corrected chi connectivity index (χ0v) is 17.4. The normalized spacial score (nSPS) is 16.4. The van der Waals surface area contributed by atoms with Crippen molar-refractivity contribution in [3.63, 3.8) is 0 Å². The number of hydrogen-bond donors (Lipinski definition) is 0. The third kappa shape index (κ3) is 5.37. The fourth-order valence-electron chi connectivity index (χ4n) is 3.00. The fourth-order valence-corrected chi connectivity index (χ4v) is 3.00. The van der Waals surface area contributed by atoms with Crippen LogP contribution in [0.1, 0.15) is 52.0 Å². The Kier molecular flexibility index (Phi) is 7.56. The summed E-state index contributed by atoms with van der Waals surface area (Å²) < 4.78 is 11.1. The van der Waals surface area contributed by atoms with E-state index in [-0.39, 0.29) is 23.0 Å². The lowest BCUT2D eigenvalue weighted by atomic mass is 9.94. The summed E-state index contributed by atoms with van der Waals surface area (Å²) in [6, 6.07) is 10.9. The number of ether oxygens (including phenoxy) is 2. The lowest BCUT2D eigenvalue weighted by Crippen LogP contribution is -2.20. The van der Waals surface area contributed by atoms with Gasteiger partial charge in [0.2, 0.25) is 0 Å². The number of hydrogen-bond acceptors (Lipinski definition) is 5. The average molecular weight is 401 g/mol. The summed E-state index contributed by atoms with van der Waals surface area (Å²) in [6.45, 7) is 12.7. The first-order valence-electron chi connectivity index (χ1n) is 9.71. The van der Waals surface area contributed by atoms with Crippen molar-refractivity contribution in [2.24, 2.45) is 0 Å². The molecule has 0 radical (unpaired) electrons. The van der Waals surface area contributed by atoms with Gasteiger partial charge in [-0.1, -0.05) is 44.1 Å². The van der Waals surface area contributed by atoms with Gasteiger partial charge in [-0.15, -0.1) is 0 Å². The van der Waals surface area contributed by atoms with Gasteiger partial charge in [0.1, 0.15) is 17.4 Å². The average Bonchev–Trinajstić information content (AvgIpc) is 2.98. The molecular formula is C24H23N3O3. The number of esters is 1. The van der Waals surface area contributed by atoms with Crippen molar-refractivity contribution in [2.45, 2.75) is 52.1 Å². The summed E-state index contributed by atoms with van der Waals surface area (Å²) >= 11 is 0. The summed E-state index contributed by atoms with van der Waals surface area (Å²) in [6.07, 6.45) is 6.82. The van der Waals surface area contributed by atoms with E-state index >= 15 is 0 Å². The molecular weight excluding hydrogens is 378 g/mol. The van der Waals surface area contributed by atoms with Crippen molar-refractivity contribution in [2.75, 3.05) is 0 Å². The molecule has 152 valence electrons. The Bertz CT molecular complexity index is 1010. The molecule has 0 bridgehead atoms. The second kappa shape index (κ2) is 10.1. The standard InChI is InChI=1S/C24H23N3O3/c1-5-6-7-8-22(28)29-18-12-9-17(10-13-18)11-14-20-19(15-25)23(21(16-26)27-4)30-24(20,2)3/h9-14H,5-8H2,1-3H3/b14-11+,23-21-. The molecule has 1 aliphatic heterocycles. The third-order valence-electron chi connectivity index (χ3n) is 4.59. The maximum absolute atomic E-state index is 11.8. The number of unbranched alkanes of at least 4 members (excludes halogenated alkanes) is 2. The van der Waals surface area contributed by atoms with Crippen LogP contribution in [-0.2, 0) is 9.53 Å². The maximum Gasteiger partial charge on any atom is 0.311 e. The van der Waals surface area contributed by atoms with E-state index in [4.69, 9.17) is 21.3 Å². The molecule has 6 heteroatoms. The Morgan fingerprint density at radius 1 is 1.23 bits per heavy atom. The smallest absolute Gasteiger partial charge is 0.311 e. The molecule has 6 nitrogen and oxygen atoms in total. The van der Waals surface area contributed by atoms with Crippen molar-refractivity contribution in [1.29, 1.82) is 10.5 Å². The molecule has 30 heavy (non-hydrogen) atoms. The van der Waals surface area contributed by atoms with Gasteiger partial charge in [0.25, 0.3) is 0 Å². The number of allylic oxidation sites excluding steroid dienone is 2. The highest BCUT2D eigenvalue weighted by Crippen LogP contribution is 2.40. The summed E-state index contributed by atoms with van der Waals surface area (Å²) in [4.78, 5) is 15.0. The Hall–Kier alpha value is -3.82. The number of carbonyl (C=O) groups excluding carboxylic acids is 1. The molecule has 1 heterocycles. The molecule has 0 saturated heterocycles. The minimum absolute atomic E-state index is 0.0185. The van der Waals surface area contributed by atoms with Crippen LogP contribution in [0.4, 0.5) is 0 Å². The van der Waals surface area contributed by atoms with Crippen LogP contribution in [0, 0.1) is 29.2 Å². The first-order valence-corrected chi connectivity index (χ1v) is 9.71. The quantitative estimate of drug-likeness (QED) is 0.199. The van der Waals surface area contributed by atoms with E-state index < -0.39 is 5.60 Å². The Morgan fingerprint density at radius 3 is 2.50 bits per heavy atom. The van der Waals surface area contributed by atoms with Crippen LogP contribution in [0.15, 0.2) is 52.9 Å². The number of nitrogens with zero attached hydrogens (tertiary/aromatic N) is 3. The number of carbonyl (C=O) groups is 1. The summed E-state index contributed by atoms with van der Waals surface area (Å²) in [7, 11) is 0. The molecule has 0 aliphatic carbocycles. The van der Waals surface area contributed by atoms with Gasteiger partial charge in [-0.05, 0) is 38.0 Å². The van der Waals surface area contributed by atoms with Crippen LogP contribution in [-0.4, -0.2) is 11.6 Å². The van der Waals surface area contributed by atoms with Crippen LogP contribution in [0.2, 0.25) is 0 Å². The maximum atomic E-state index is 11.8. The number of benzene rings is 1. The van der Waals surface area contributed by atoms with E-state index in [2.05, 4.69) is 17.8 Å². The van der Waals surface area contributed by atoms with E-state index in [0.717, 1.165) is 24.8 Å². The molecule has 1 aromatic rings. The predicted octanol–water partition coefficient (Wildman–Crippen LogP) is 5.47. The summed E-state index contributed by atoms with van der Waals surface area (Å²) in [5.41, 5.74) is 0.513. The van der Waals surface area contributed by atoms with E-state index in [1.807, 2.05) is 0 Å². The van der Waals surface area contributed by atoms with Gasteiger partial charge in [-0.3, -0.25) is 4.79 Å². The van der Waals surface area contributed by atoms with E-state index in [1.54, 1.807) is 56.3 Å². The second-order valence-electron chi connectivity index (χ2n) is 7.25. The van der Waals surface area contributed by atoms with E-state index in [0.29, 0.717) is 17.7 Å². The molecule has 0 spiro atoms. The molecule has 0 saturated carbocycles. The first kappa shape index (κ1) is 22.5. The molecule has 0 amide bonds. The minimum atomic E-state index is -0.850. The van der Waals surface area contributed by atoms with Crippen molar-refractivity contribution in [1.82, 2.24) is 0 Å². The van der Waals surface area contributed by atoms with Gasteiger partial charge in [0.15, 0.2) is 5.76 Å². The van der Waals surface area contributed by atoms with Crippen LogP contribution in [0.25, 0.3) is 10.9 Å². The monoisotopic (exact) mass is 401 g/mol. The molecule has 1 aromatic carbocycles. The molecule has 0 unspecified atom stereocenters. The molecule has 0 fully saturated rings. The number of nitriles is 2. The Morgan fingerprint density at radius 2 is 1.93 bits per heavy atom. The molecule has 2 rings (SSSR count). The summed E-state index contributed by atoms with van der Waals surface area (Å²) in [5.74, 6) is 0.258. The van der Waals surface area contributed by atoms with Crippen LogP contribution >= 0.6 is 0 Å². The zero-order valence-electron chi connectivity index (χ0n) is 17.4. The van der Waals surface area contributed by atoms with Gasteiger partial charge in [-0.2, -0.15) is 5.26 Å². The van der Waals surface area contributed by atoms with Gasteiger partial charge in [0, 0.05) is 12.0 Å². The van der Waals surface area contributed by atoms with Crippen LogP contribution in [0.3, 0.4) is 0 Å². The van der Waals surface area contributed by atoms with E-state index in [9.17, 15) is 10.1 Å². The van der Waals surface area contributed by atoms with Gasteiger partial charge < -0.3 is 9.47 Å². The van der Waals surface area contributed by atoms with Crippen LogP contribution < -0.4 is 4.74 Å². The SMILES string of the molecule is [C-]#[N+]/C(C#N)=C1\OC(C)(C)C(/C=C/c2ccc(OC(=O)CCCCC)cc2)=C1C#N. The van der Waals surface area contributed by atoms with Crippen molar-refractivity contribution < 1.29 is 14.3 Å². The Labute approximate surface area is 177 Å². The van der Waals surface area contributed by atoms with Crippen LogP contribution in [0.5, 0.6) is 5.75 Å². The van der Waals surface area contributed by atoms with E-state index in [1.165, 1.54) is 0 Å². The van der Waals surface area contributed by atoms with Gasteiger partial charge in [-0.25, -0.2) is 10.1 Å². The molecule has 0 atom stereocenters. The Balaban J connectivity index is 2.20. The highest BCUT2D eigenvalue weighted by atomic mass is 16.5. The fraction of sp³-hybridized carbons (Fsp3) is 0.333. The van der Waals surface area contributed by atoms with Gasteiger partial charge in [0.05, 0.1) is 18.2 Å². The lowest BCUT2D eigenvalue weighted by molar-refractivity contribution is -0.134. The summed E-state index contributed by atoms with van der Waals surface area (Å²) in [5, 5.41) is 18.7. The van der Waals surface area contributed by atoms with Crippen molar-refractivity contribution in [3.8, 4) is 17.9 Å². The minimum Gasteiger partial charge on any atom is -0.492 e. The predicted molar refractivity (Wildman–Crippen MR) is 112 cm³/mol. The molecule has 0 N–H and O–H groups in total. The first-order chi connectivity index (χ1) is 14.4. The van der Waals surface area contributed by atoms with Crippen molar-refractivity contribution in [3.05, 3.63) is 69.9 Å². The molecule has 1 aliphatic rings.